The molecule has 1 heterocycles. The quantitative estimate of drug-likeness (QED) is 0.373. The van der Waals surface area contributed by atoms with Gasteiger partial charge < -0.3 is 9.47 Å². The Morgan fingerprint density at radius 3 is 2.94 bits per heavy atom. The molecular formula is C11H19N3O2. The first-order chi connectivity index (χ1) is 7.86. The molecule has 0 aromatic carbocycles. The Bertz CT molecular complexity index is 269. The molecule has 0 aliphatic rings. The average molecular weight is 225 g/mol. The molecule has 1 aromatic heterocycles. The summed E-state index contributed by atoms with van der Waals surface area (Å²) in [4.78, 5) is 4.24. The molecule has 5 nitrogen and oxygen atoms in total. The lowest BCUT2D eigenvalue weighted by Crippen LogP contribution is -2.40. The molecule has 0 saturated heterocycles. The lowest BCUT2D eigenvalue weighted by atomic mass is 10.1. The summed E-state index contributed by atoms with van der Waals surface area (Å²) in [5.41, 5.74) is 3.72. The fourth-order valence-electron chi connectivity index (χ4n) is 1.31. The van der Waals surface area contributed by atoms with Crippen molar-refractivity contribution in [2.75, 3.05) is 26.9 Å². The second kappa shape index (κ2) is 8.18. The van der Waals surface area contributed by atoms with Crippen molar-refractivity contribution in [3.8, 4) is 0 Å². The molecule has 0 amide bonds. The molecule has 0 fully saturated rings. The van der Waals surface area contributed by atoms with Gasteiger partial charge in [0.2, 0.25) is 0 Å². The van der Waals surface area contributed by atoms with E-state index < -0.39 is 0 Å². The molecule has 0 bridgehead atoms. The largest absolute Gasteiger partial charge is 0.382 e. The SMILES string of the molecule is COCCOCC(Cc1ccccn1)NN. The zero-order valence-corrected chi connectivity index (χ0v) is 9.56. The summed E-state index contributed by atoms with van der Waals surface area (Å²) >= 11 is 0. The summed E-state index contributed by atoms with van der Waals surface area (Å²) in [5, 5.41) is 0. The molecule has 0 spiro atoms. The fraction of sp³-hybridized carbons (Fsp3) is 0.545. The van der Waals surface area contributed by atoms with Gasteiger partial charge in [-0.25, -0.2) is 0 Å². The molecule has 90 valence electrons. The molecule has 0 aliphatic heterocycles. The summed E-state index contributed by atoms with van der Waals surface area (Å²) in [6.45, 7) is 1.73. The van der Waals surface area contributed by atoms with Crippen molar-refractivity contribution in [1.29, 1.82) is 0 Å². The van der Waals surface area contributed by atoms with Crippen LogP contribution in [0.15, 0.2) is 24.4 Å². The number of pyridine rings is 1. The molecule has 1 aromatic rings. The molecule has 1 unspecified atom stereocenters. The van der Waals surface area contributed by atoms with E-state index in [2.05, 4.69) is 10.4 Å². The Kier molecular flexibility index (Phi) is 6.67. The number of nitrogens with zero attached hydrogens (tertiary/aromatic N) is 1. The first-order valence-corrected chi connectivity index (χ1v) is 5.29. The van der Waals surface area contributed by atoms with Crippen molar-refractivity contribution < 1.29 is 9.47 Å². The van der Waals surface area contributed by atoms with E-state index in [1.54, 1.807) is 13.3 Å². The molecule has 1 atom stereocenters. The van der Waals surface area contributed by atoms with Crippen LogP contribution in [0.25, 0.3) is 0 Å². The van der Waals surface area contributed by atoms with E-state index in [-0.39, 0.29) is 6.04 Å². The van der Waals surface area contributed by atoms with Gasteiger partial charge in [-0.3, -0.25) is 16.3 Å². The van der Waals surface area contributed by atoms with Crippen LogP contribution < -0.4 is 11.3 Å². The number of hydrogen-bond acceptors (Lipinski definition) is 5. The number of nitrogens with two attached hydrogens (primary N) is 1. The van der Waals surface area contributed by atoms with E-state index in [4.69, 9.17) is 15.3 Å². The highest BCUT2D eigenvalue weighted by Gasteiger charge is 2.08. The van der Waals surface area contributed by atoms with Gasteiger partial charge in [-0.1, -0.05) is 6.07 Å². The highest BCUT2D eigenvalue weighted by molar-refractivity contribution is 5.05. The van der Waals surface area contributed by atoms with Gasteiger partial charge in [0.25, 0.3) is 0 Å². The van der Waals surface area contributed by atoms with Crippen LogP contribution in [0.5, 0.6) is 0 Å². The maximum Gasteiger partial charge on any atom is 0.0701 e. The smallest absolute Gasteiger partial charge is 0.0701 e. The zero-order chi connectivity index (χ0) is 11.6. The van der Waals surface area contributed by atoms with Crippen LogP contribution in [-0.2, 0) is 15.9 Å². The highest BCUT2D eigenvalue weighted by atomic mass is 16.5. The summed E-state index contributed by atoms with van der Waals surface area (Å²) < 4.78 is 10.3. The fourth-order valence-corrected chi connectivity index (χ4v) is 1.31. The Labute approximate surface area is 95.9 Å². The van der Waals surface area contributed by atoms with E-state index >= 15 is 0 Å². The van der Waals surface area contributed by atoms with Crippen LogP contribution in [0, 0.1) is 0 Å². The molecule has 0 radical (unpaired) electrons. The number of aromatic nitrogens is 1. The number of ether oxygens (including phenoxy) is 2. The number of hydrogen-bond donors (Lipinski definition) is 2. The summed E-state index contributed by atoms with van der Waals surface area (Å²) in [7, 11) is 1.65. The van der Waals surface area contributed by atoms with Gasteiger partial charge in [0.05, 0.1) is 19.8 Å². The van der Waals surface area contributed by atoms with Crippen molar-refractivity contribution >= 4 is 0 Å². The maximum absolute atomic E-state index is 5.45. The molecular weight excluding hydrogens is 206 g/mol. The zero-order valence-electron chi connectivity index (χ0n) is 9.56. The van der Waals surface area contributed by atoms with Crippen LogP contribution >= 0.6 is 0 Å². The third kappa shape index (κ3) is 5.18. The van der Waals surface area contributed by atoms with E-state index in [0.717, 1.165) is 12.1 Å². The predicted molar refractivity (Wildman–Crippen MR) is 61.7 cm³/mol. The second-order valence-electron chi connectivity index (χ2n) is 3.46. The lowest BCUT2D eigenvalue weighted by molar-refractivity contribution is 0.0586. The van der Waals surface area contributed by atoms with Crippen LogP contribution in [0.2, 0.25) is 0 Å². The molecule has 0 saturated carbocycles. The monoisotopic (exact) mass is 225 g/mol. The summed E-state index contributed by atoms with van der Waals surface area (Å²) in [6, 6.07) is 5.90. The van der Waals surface area contributed by atoms with Crippen LogP contribution in [0.1, 0.15) is 5.69 Å². The number of hydrazine groups is 1. The van der Waals surface area contributed by atoms with Crippen molar-refractivity contribution in [2.45, 2.75) is 12.5 Å². The Morgan fingerprint density at radius 2 is 2.31 bits per heavy atom. The minimum atomic E-state index is 0.0757. The van der Waals surface area contributed by atoms with E-state index in [0.29, 0.717) is 19.8 Å². The van der Waals surface area contributed by atoms with E-state index in [1.807, 2.05) is 18.2 Å². The molecule has 0 aliphatic carbocycles. The van der Waals surface area contributed by atoms with Gasteiger partial charge in [0.1, 0.15) is 0 Å². The van der Waals surface area contributed by atoms with E-state index in [1.165, 1.54) is 0 Å². The van der Waals surface area contributed by atoms with Gasteiger partial charge >= 0.3 is 0 Å². The first kappa shape index (κ1) is 13.1. The molecule has 5 heteroatoms. The van der Waals surface area contributed by atoms with Crippen molar-refractivity contribution in [2.24, 2.45) is 5.84 Å². The van der Waals surface area contributed by atoms with Gasteiger partial charge in [0.15, 0.2) is 0 Å². The molecule has 3 N–H and O–H groups in total. The summed E-state index contributed by atoms with van der Waals surface area (Å²) in [5.74, 6) is 5.45. The van der Waals surface area contributed by atoms with Crippen molar-refractivity contribution in [3.05, 3.63) is 30.1 Å². The van der Waals surface area contributed by atoms with Gasteiger partial charge in [-0.15, -0.1) is 0 Å². The highest BCUT2D eigenvalue weighted by Crippen LogP contribution is 1.99. The van der Waals surface area contributed by atoms with Gasteiger partial charge in [-0.2, -0.15) is 0 Å². The van der Waals surface area contributed by atoms with Crippen LogP contribution in [0.3, 0.4) is 0 Å². The standard InChI is InChI=1S/C11H19N3O2/c1-15-6-7-16-9-11(14-12)8-10-4-2-3-5-13-10/h2-5,11,14H,6-9,12H2,1H3. The molecule has 16 heavy (non-hydrogen) atoms. The minimum Gasteiger partial charge on any atom is -0.382 e. The third-order valence-corrected chi connectivity index (χ3v) is 2.17. The average Bonchev–Trinajstić information content (AvgIpc) is 2.34. The Morgan fingerprint density at radius 1 is 1.44 bits per heavy atom. The second-order valence-corrected chi connectivity index (χ2v) is 3.46. The summed E-state index contributed by atoms with van der Waals surface area (Å²) in [6.07, 6.45) is 2.53. The molecule has 1 rings (SSSR count). The number of nitrogens with one attached hydrogen (secondary N) is 1. The van der Waals surface area contributed by atoms with Gasteiger partial charge in [-0.05, 0) is 12.1 Å². The third-order valence-electron chi connectivity index (χ3n) is 2.17. The Balaban J connectivity index is 2.26. The predicted octanol–water partition coefficient (Wildman–Crippen LogP) is 0.119. The first-order valence-electron chi connectivity index (χ1n) is 5.29. The normalized spacial score (nSPS) is 12.6. The van der Waals surface area contributed by atoms with Crippen LogP contribution in [0.4, 0.5) is 0 Å². The van der Waals surface area contributed by atoms with Gasteiger partial charge in [0, 0.05) is 31.5 Å². The maximum atomic E-state index is 5.45. The van der Waals surface area contributed by atoms with Crippen LogP contribution in [-0.4, -0.2) is 38.0 Å². The minimum absolute atomic E-state index is 0.0757. The van der Waals surface area contributed by atoms with Crippen molar-refractivity contribution in [3.63, 3.8) is 0 Å². The number of methoxy groups -OCH3 is 1. The topological polar surface area (TPSA) is 69.4 Å². The lowest BCUT2D eigenvalue weighted by Gasteiger charge is -2.15. The van der Waals surface area contributed by atoms with E-state index in [9.17, 15) is 0 Å². The Hall–Kier alpha value is -1.01. The number of rotatable bonds is 8. The van der Waals surface area contributed by atoms with Crippen molar-refractivity contribution in [1.82, 2.24) is 10.4 Å².